The maximum Gasteiger partial charge on any atom is 0.0701 e. The average molecular weight is 311 g/mol. The third-order valence-electron chi connectivity index (χ3n) is 3.14. The third kappa shape index (κ3) is 9.00. The lowest BCUT2D eigenvalue weighted by atomic mass is 10.3. The molecule has 0 heterocycles. The second kappa shape index (κ2) is 13.5. The van der Waals surface area contributed by atoms with Crippen LogP contribution < -0.4 is 4.90 Å². The van der Waals surface area contributed by atoms with Crippen LogP contribution in [0.4, 0.5) is 5.69 Å². The van der Waals surface area contributed by atoms with Gasteiger partial charge in [0.25, 0.3) is 0 Å². The first kappa shape index (κ1) is 18.9. The Labute approximate surface area is 134 Å². The Morgan fingerprint density at radius 3 is 2.00 bits per heavy atom. The SMILES string of the molecule is CCOCCOCCOCCN(CCOC)c1ccccc1. The fourth-order valence-electron chi connectivity index (χ4n) is 1.97. The van der Waals surface area contributed by atoms with Gasteiger partial charge >= 0.3 is 0 Å². The standard InChI is InChI=1S/C17H29NO4/c1-3-20-13-14-22-16-15-21-12-10-18(9-11-19-2)17-7-5-4-6-8-17/h4-8H,3,9-16H2,1-2H3. The molecular formula is C17H29NO4. The van der Waals surface area contributed by atoms with Gasteiger partial charge in [0.05, 0.1) is 39.6 Å². The summed E-state index contributed by atoms with van der Waals surface area (Å²) < 4.78 is 21.4. The molecule has 0 saturated heterocycles. The molecule has 5 heteroatoms. The zero-order chi connectivity index (χ0) is 15.9. The highest BCUT2D eigenvalue weighted by Gasteiger charge is 2.05. The molecular weight excluding hydrogens is 282 g/mol. The molecule has 5 nitrogen and oxygen atoms in total. The van der Waals surface area contributed by atoms with Crippen molar-refractivity contribution in [3.8, 4) is 0 Å². The Kier molecular flexibility index (Phi) is 11.6. The lowest BCUT2D eigenvalue weighted by molar-refractivity contribution is 0.0182. The van der Waals surface area contributed by atoms with Crippen LogP contribution in [0.15, 0.2) is 30.3 Å². The summed E-state index contributed by atoms with van der Waals surface area (Å²) in [7, 11) is 1.72. The Morgan fingerprint density at radius 1 is 0.773 bits per heavy atom. The molecule has 0 spiro atoms. The van der Waals surface area contributed by atoms with Gasteiger partial charge in [0, 0.05) is 32.5 Å². The van der Waals surface area contributed by atoms with Crippen molar-refractivity contribution in [3.63, 3.8) is 0 Å². The van der Waals surface area contributed by atoms with E-state index in [-0.39, 0.29) is 0 Å². The Hall–Kier alpha value is -1.14. The van der Waals surface area contributed by atoms with E-state index >= 15 is 0 Å². The molecule has 1 rings (SSSR count). The molecule has 0 N–H and O–H groups in total. The van der Waals surface area contributed by atoms with Crippen LogP contribution in [0.3, 0.4) is 0 Å². The van der Waals surface area contributed by atoms with Crippen molar-refractivity contribution in [2.45, 2.75) is 6.92 Å². The second-order valence-corrected chi connectivity index (χ2v) is 4.74. The lowest BCUT2D eigenvalue weighted by Crippen LogP contribution is -2.31. The molecule has 126 valence electrons. The predicted molar refractivity (Wildman–Crippen MR) is 88.7 cm³/mol. The van der Waals surface area contributed by atoms with Crippen LogP contribution in [0, 0.1) is 0 Å². The molecule has 0 bridgehead atoms. The molecule has 0 amide bonds. The minimum atomic E-state index is 0.608. The average Bonchev–Trinajstić information content (AvgIpc) is 2.57. The predicted octanol–water partition coefficient (Wildman–Crippen LogP) is 2.21. The Balaban J connectivity index is 2.13. The fraction of sp³-hybridized carbons (Fsp3) is 0.647. The monoisotopic (exact) mass is 311 g/mol. The van der Waals surface area contributed by atoms with Gasteiger partial charge in [-0.2, -0.15) is 0 Å². The summed E-state index contributed by atoms with van der Waals surface area (Å²) in [5.74, 6) is 0. The van der Waals surface area contributed by atoms with E-state index in [4.69, 9.17) is 18.9 Å². The third-order valence-corrected chi connectivity index (χ3v) is 3.14. The van der Waals surface area contributed by atoms with Gasteiger partial charge in [0.1, 0.15) is 0 Å². The molecule has 1 aromatic rings. The van der Waals surface area contributed by atoms with Crippen molar-refractivity contribution in [1.29, 1.82) is 0 Å². The number of nitrogens with zero attached hydrogens (tertiary/aromatic N) is 1. The van der Waals surface area contributed by atoms with Gasteiger partial charge in [-0.15, -0.1) is 0 Å². The fourth-order valence-corrected chi connectivity index (χ4v) is 1.97. The summed E-state index contributed by atoms with van der Waals surface area (Å²) in [5.41, 5.74) is 1.19. The number of hydrogen-bond donors (Lipinski definition) is 0. The quantitative estimate of drug-likeness (QED) is 0.493. The van der Waals surface area contributed by atoms with E-state index in [1.165, 1.54) is 5.69 Å². The Morgan fingerprint density at radius 2 is 1.36 bits per heavy atom. The first-order chi connectivity index (χ1) is 10.9. The van der Waals surface area contributed by atoms with Crippen LogP contribution in [0.25, 0.3) is 0 Å². The summed E-state index contributed by atoms with van der Waals surface area (Å²) in [6.07, 6.45) is 0. The highest BCUT2D eigenvalue weighted by molar-refractivity contribution is 5.45. The number of benzene rings is 1. The molecule has 0 atom stereocenters. The molecule has 0 aliphatic heterocycles. The number of hydrogen-bond acceptors (Lipinski definition) is 5. The molecule has 0 saturated carbocycles. The molecule has 0 radical (unpaired) electrons. The van der Waals surface area contributed by atoms with Crippen LogP contribution in [0.2, 0.25) is 0 Å². The highest BCUT2D eigenvalue weighted by atomic mass is 16.5. The summed E-state index contributed by atoms with van der Waals surface area (Å²) in [6.45, 7) is 8.28. The minimum Gasteiger partial charge on any atom is -0.383 e. The van der Waals surface area contributed by atoms with Gasteiger partial charge in [0.15, 0.2) is 0 Å². The van der Waals surface area contributed by atoms with Crippen molar-refractivity contribution in [2.24, 2.45) is 0 Å². The normalized spacial score (nSPS) is 10.8. The second-order valence-electron chi connectivity index (χ2n) is 4.74. The van der Waals surface area contributed by atoms with Crippen molar-refractivity contribution in [2.75, 3.05) is 71.3 Å². The molecule has 0 aliphatic carbocycles. The summed E-state index contributed by atoms with van der Waals surface area (Å²) in [5, 5.41) is 0. The molecule has 0 fully saturated rings. The molecule has 0 unspecified atom stereocenters. The van der Waals surface area contributed by atoms with Crippen molar-refractivity contribution >= 4 is 5.69 Å². The van der Waals surface area contributed by atoms with Gasteiger partial charge < -0.3 is 23.8 Å². The van der Waals surface area contributed by atoms with Crippen LogP contribution in [-0.4, -0.2) is 66.4 Å². The lowest BCUT2D eigenvalue weighted by Gasteiger charge is -2.24. The van der Waals surface area contributed by atoms with E-state index in [0.717, 1.165) is 19.7 Å². The zero-order valence-electron chi connectivity index (χ0n) is 13.8. The van der Waals surface area contributed by atoms with Gasteiger partial charge in [-0.3, -0.25) is 0 Å². The van der Waals surface area contributed by atoms with E-state index < -0.39 is 0 Å². The zero-order valence-corrected chi connectivity index (χ0v) is 13.8. The first-order valence-electron chi connectivity index (χ1n) is 7.90. The van der Waals surface area contributed by atoms with Crippen molar-refractivity contribution in [3.05, 3.63) is 30.3 Å². The van der Waals surface area contributed by atoms with Crippen molar-refractivity contribution in [1.82, 2.24) is 0 Å². The highest BCUT2D eigenvalue weighted by Crippen LogP contribution is 2.12. The first-order valence-corrected chi connectivity index (χ1v) is 7.90. The van der Waals surface area contributed by atoms with Gasteiger partial charge in [0.2, 0.25) is 0 Å². The molecule has 1 aromatic carbocycles. The molecule has 22 heavy (non-hydrogen) atoms. The number of methoxy groups -OCH3 is 1. The number of para-hydroxylation sites is 1. The van der Waals surface area contributed by atoms with Gasteiger partial charge in [-0.25, -0.2) is 0 Å². The van der Waals surface area contributed by atoms with E-state index in [2.05, 4.69) is 17.0 Å². The van der Waals surface area contributed by atoms with Gasteiger partial charge in [-0.1, -0.05) is 18.2 Å². The summed E-state index contributed by atoms with van der Waals surface area (Å²) in [4.78, 5) is 2.26. The van der Waals surface area contributed by atoms with Crippen LogP contribution in [-0.2, 0) is 18.9 Å². The minimum absolute atomic E-state index is 0.608. The van der Waals surface area contributed by atoms with E-state index in [9.17, 15) is 0 Å². The van der Waals surface area contributed by atoms with Crippen molar-refractivity contribution < 1.29 is 18.9 Å². The largest absolute Gasteiger partial charge is 0.383 e. The van der Waals surface area contributed by atoms with E-state index in [0.29, 0.717) is 39.6 Å². The number of rotatable bonds is 14. The molecule has 0 aliphatic rings. The number of anilines is 1. The number of ether oxygens (including phenoxy) is 4. The van der Waals surface area contributed by atoms with Crippen LogP contribution >= 0.6 is 0 Å². The van der Waals surface area contributed by atoms with Crippen LogP contribution in [0.1, 0.15) is 6.92 Å². The summed E-state index contributed by atoms with van der Waals surface area (Å²) in [6, 6.07) is 10.3. The van der Waals surface area contributed by atoms with E-state index in [1.807, 2.05) is 25.1 Å². The maximum absolute atomic E-state index is 5.62. The Bertz CT molecular complexity index is 348. The van der Waals surface area contributed by atoms with Crippen LogP contribution in [0.5, 0.6) is 0 Å². The van der Waals surface area contributed by atoms with E-state index in [1.54, 1.807) is 7.11 Å². The topological polar surface area (TPSA) is 40.2 Å². The van der Waals surface area contributed by atoms with Gasteiger partial charge in [-0.05, 0) is 19.1 Å². The molecule has 0 aromatic heterocycles. The smallest absolute Gasteiger partial charge is 0.0701 e. The maximum atomic E-state index is 5.62. The summed E-state index contributed by atoms with van der Waals surface area (Å²) >= 11 is 0.